The molecule has 2 N–H and O–H groups in total. The fraction of sp³-hybridized carbons (Fsp3) is 0.421. The summed E-state index contributed by atoms with van der Waals surface area (Å²) in [5, 5.41) is 5.43. The van der Waals surface area contributed by atoms with Gasteiger partial charge in [-0.15, -0.1) is 0 Å². The fourth-order valence-electron chi connectivity index (χ4n) is 3.71. The number of allylic oxidation sites excluding steroid dienone is 4. The van der Waals surface area contributed by atoms with Crippen LogP contribution >= 0.6 is 0 Å². The van der Waals surface area contributed by atoms with Gasteiger partial charge in [-0.3, -0.25) is 9.59 Å². The Hall–Kier alpha value is -5.42. The third-order valence-corrected chi connectivity index (χ3v) is 6.10. The van der Waals surface area contributed by atoms with Gasteiger partial charge in [0, 0.05) is 12.1 Å². The molecule has 0 aromatic heterocycles. The monoisotopic (exact) mass is 760 g/mol. The minimum atomic E-state index is -0.642. The molecule has 54 heavy (non-hydrogen) atoms. The topological polar surface area (TPSA) is 169 Å². The maximum Gasteiger partial charge on any atom is 0.233 e. The maximum atomic E-state index is 13.2. The molecule has 0 radical (unpaired) electrons. The maximum absolute atomic E-state index is 13.2. The Morgan fingerprint density at radius 2 is 0.852 bits per heavy atom. The first-order valence-corrected chi connectivity index (χ1v) is 16.8. The summed E-state index contributed by atoms with van der Waals surface area (Å²) < 4.78 is 65.1. The molecule has 0 saturated carbocycles. The number of benzene rings is 2. The lowest BCUT2D eigenvalue weighted by atomic mass is 10.2. The van der Waals surface area contributed by atoms with E-state index >= 15 is 0 Å². The van der Waals surface area contributed by atoms with Gasteiger partial charge >= 0.3 is 0 Å². The molecule has 0 aliphatic heterocycles. The average Bonchev–Trinajstić information content (AvgIpc) is 3.10. The molecule has 0 spiro atoms. The van der Waals surface area contributed by atoms with Crippen molar-refractivity contribution < 1.29 is 66.4 Å². The van der Waals surface area contributed by atoms with E-state index in [0.29, 0.717) is 40.3 Å². The van der Waals surface area contributed by atoms with Gasteiger partial charge in [-0.1, -0.05) is 26.3 Å². The van der Waals surface area contributed by atoms with Crippen LogP contribution in [0.4, 0.5) is 11.4 Å². The van der Waals surface area contributed by atoms with E-state index in [1.165, 1.54) is 0 Å². The quantitative estimate of drug-likeness (QED) is 0.0384. The van der Waals surface area contributed by atoms with E-state index in [0.717, 1.165) is 0 Å². The summed E-state index contributed by atoms with van der Waals surface area (Å²) in [7, 11) is 0. The number of amides is 2. The van der Waals surface area contributed by atoms with Crippen LogP contribution in [0.3, 0.4) is 0 Å². The van der Waals surface area contributed by atoms with Gasteiger partial charge in [-0.25, -0.2) is 0 Å². The Labute approximate surface area is 316 Å². The van der Waals surface area contributed by atoms with Gasteiger partial charge in [0.2, 0.25) is 11.8 Å². The van der Waals surface area contributed by atoms with Crippen molar-refractivity contribution in [2.45, 2.75) is 34.1 Å². The van der Waals surface area contributed by atoms with Crippen molar-refractivity contribution >= 4 is 23.2 Å². The zero-order valence-corrected chi connectivity index (χ0v) is 31.5. The lowest BCUT2D eigenvalue weighted by Crippen LogP contribution is -2.22. The number of hydrogen-bond donors (Lipinski definition) is 2. The molecule has 0 aliphatic rings. The highest BCUT2D eigenvalue weighted by atomic mass is 16.7. The molecule has 2 amide bonds. The highest BCUT2D eigenvalue weighted by Gasteiger charge is 2.17. The third-order valence-electron chi connectivity index (χ3n) is 6.10. The van der Waals surface area contributed by atoms with E-state index in [2.05, 4.69) is 36.9 Å². The molecule has 0 aliphatic carbocycles. The second-order valence-corrected chi connectivity index (χ2v) is 11.2. The first-order chi connectivity index (χ1) is 25.9. The molecule has 0 saturated heterocycles. The Bertz CT molecular complexity index is 1510. The number of hydrogen-bond acceptors (Lipinski definition) is 14. The van der Waals surface area contributed by atoms with Crippen molar-refractivity contribution in [3.8, 4) is 23.0 Å². The van der Waals surface area contributed by atoms with Crippen LogP contribution in [0, 0.1) is 0 Å². The summed E-state index contributed by atoms with van der Waals surface area (Å²) in [5.74, 6) is 2.17. The molecular formula is C38H52N2O14. The molecule has 0 atom stereocenters. The van der Waals surface area contributed by atoms with Crippen LogP contribution in [0.2, 0.25) is 0 Å². The van der Waals surface area contributed by atoms with Crippen molar-refractivity contribution in [1.29, 1.82) is 0 Å². The van der Waals surface area contributed by atoms with E-state index in [1.807, 2.05) is 0 Å². The smallest absolute Gasteiger partial charge is 0.233 e. The summed E-state index contributed by atoms with van der Waals surface area (Å²) >= 11 is 0. The summed E-state index contributed by atoms with van der Waals surface area (Å²) in [4.78, 5) is 26.3. The Kier molecular flexibility index (Phi) is 21.8. The van der Waals surface area contributed by atoms with Gasteiger partial charge in [0.1, 0.15) is 49.2 Å². The van der Waals surface area contributed by atoms with Crippen molar-refractivity contribution in [3.63, 3.8) is 0 Å². The third kappa shape index (κ3) is 21.2. The second kappa shape index (κ2) is 26.4. The van der Waals surface area contributed by atoms with Gasteiger partial charge in [-0.05, 0) is 52.0 Å². The lowest BCUT2D eigenvalue weighted by Gasteiger charge is -2.16. The number of ether oxygens (including phenoxy) is 12. The number of carbonyl (C=O) groups is 2. The normalized spacial score (nSPS) is 10.4. The summed E-state index contributed by atoms with van der Waals surface area (Å²) in [6.45, 7) is 22.4. The van der Waals surface area contributed by atoms with Crippen molar-refractivity contribution in [2.24, 2.45) is 0 Å². The van der Waals surface area contributed by atoms with Crippen molar-refractivity contribution in [1.82, 2.24) is 0 Å². The SMILES string of the molecule is C=C(C)OCOCCOc1ccc(OCCOCOC(=C)C)c(NC(=O)CC(=O)Nc2cc(OCCOCOC(=C)C)ccc2OCOCOC(=C)C)c1. The number of carbonyl (C=O) groups excluding carboxylic acids is 2. The van der Waals surface area contributed by atoms with Crippen LogP contribution in [-0.2, 0) is 47.5 Å². The fourth-order valence-corrected chi connectivity index (χ4v) is 3.71. The standard InChI is InChI=1S/C38H52N2O14/c1-27(2)50-22-43-13-16-47-31-9-11-35(49-18-15-45-24-52-29(5)6)33(19-31)39-37(41)21-38(42)40-34-20-32(48-17-14-44-23-51-28(3)4)10-12-36(34)54-26-46-25-53-30(7)8/h9-12,19-20H,1,3,5,7,13-18,21-26H2,2,4,6,8H3,(H,39,41)(H,40,42). The van der Waals surface area contributed by atoms with Crippen LogP contribution in [0.15, 0.2) is 85.8 Å². The zero-order chi connectivity index (χ0) is 39.6. The van der Waals surface area contributed by atoms with Crippen molar-refractivity contribution in [3.05, 3.63) is 85.8 Å². The number of anilines is 2. The Morgan fingerprint density at radius 1 is 0.481 bits per heavy atom. The van der Waals surface area contributed by atoms with Gasteiger partial charge < -0.3 is 67.5 Å². The van der Waals surface area contributed by atoms with Crippen molar-refractivity contribution in [2.75, 3.05) is 84.2 Å². The Morgan fingerprint density at radius 3 is 1.26 bits per heavy atom. The number of nitrogens with one attached hydrogen (secondary N) is 2. The number of rotatable bonds is 31. The van der Waals surface area contributed by atoms with Gasteiger partial charge in [-0.2, -0.15) is 0 Å². The van der Waals surface area contributed by atoms with E-state index < -0.39 is 18.2 Å². The summed E-state index contributed by atoms with van der Waals surface area (Å²) in [6.07, 6.45) is -0.563. The van der Waals surface area contributed by atoms with Crippen LogP contribution in [-0.4, -0.2) is 85.4 Å². The molecule has 0 heterocycles. The molecular weight excluding hydrogens is 708 g/mol. The summed E-state index contributed by atoms with van der Waals surface area (Å²) in [5.41, 5.74) is 0.492. The van der Waals surface area contributed by atoms with Crippen LogP contribution in [0.25, 0.3) is 0 Å². The van der Waals surface area contributed by atoms with E-state index in [9.17, 15) is 9.59 Å². The molecule has 16 nitrogen and oxygen atoms in total. The van der Waals surface area contributed by atoms with E-state index in [1.54, 1.807) is 64.1 Å². The Balaban J connectivity index is 2.08. The van der Waals surface area contributed by atoms with E-state index in [-0.39, 0.29) is 90.7 Å². The van der Waals surface area contributed by atoms with Gasteiger partial charge in [0.05, 0.1) is 54.2 Å². The lowest BCUT2D eigenvalue weighted by molar-refractivity contribution is -0.123. The highest BCUT2D eigenvalue weighted by molar-refractivity contribution is 6.09. The highest BCUT2D eigenvalue weighted by Crippen LogP contribution is 2.31. The molecule has 0 unspecified atom stereocenters. The van der Waals surface area contributed by atoms with Crippen LogP contribution in [0.1, 0.15) is 34.1 Å². The average molecular weight is 761 g/mol. The largest absolute Gasteiger partial charge is 0.491 e. The van der Waals surface area contributed by atoms with Gasteiger partial charge in [0.25, 0.3) is 0 Å². The second-order valence-electron chi connectivity index (χ2n) is 11.2. The predicted octanol–water partition coefficient (Wildman–Crippen LogP) is 6.22. The van der Waals surface area contributed by atoms with Gasteiger partial charge in [0.15, 0.2) is 34.0 Å². The zero-order valence-electron chi connectivity index (χ0n) is 31.5. The minimum Gasteiger partial charge on any atom is -0.491 e. The molecule has 298 valence electrons. The first-order valence-electron chi connectivity index (χ1n) is 16.8. The molecule has 2 aromatic carbocycles. The molecule has 2 rings (SSSR count). The van der Waals surface area contributed by atoms with E-state index in [4.69, 9.17) is 56.8 Å². The molecule has 2 aromatic rings. The summed E-state index contributed by atoms with van der Waals surface area (Å²) in [6, 6.07) is 9.63. The minimum absolute atomic E-state index is 0.0155. The van der Waals surface area contributed by atoms with Crippen LogP contribution < -0.4 is 29.6 Å². The van der Waals surface area contributed by atoms with Crippen LogP contribution in [0.5, 0.6) is 23.0 Å². The molecule has 0 fully saturated rings. The predicted molar refractivity (Wildman–Crippen MR) is 199 cm³/mol. The molecule has 16 heteroatoms. The molecule has 0 bridgehead atoms. The first kappa shape index (κ1) is 44.7.